The minimum Gasteiger partial charge on any atom is -0.463 e. The number of furan rings is 1. The Bertz CT molecular complexity index is 807. The summed E-state index contributed by atoms with van der Waals surface area (Å²) in [6, 6.07) is 5.77. The number of hydrogen-bond acceptors (Lipinski definition) is 4. The molecule has 0 spiro atoms. The Morgan fingerprint density at radius 2 is 2.23 bits per heavy atom. The lowest BCUT2D eigenvalue weighted by atomic mass is 10.1. The summed E-state index contributed by atoms with van der Waals surface area (Å²) in [6.07, 6.45) is 3.61. The van der Waals surface area contributed by atoms with Gasteiger partial charge in [-0.3, -0.25) is 4.79 Å². The highest BCUT2D eigenvalue weighted by Crippen LogP contribution is 2.23. The Balaban J connectivity index is 1.78. The van der Waals surface area contributed by atoms with Crippen LogP contribution in [0.2, 0.25) is 0 Å². The molecular weight excluding hydrogens is 302 g/mol. The quantitative estimate of drug-likeness (QED) is 0.937. The summed E-state index contributed by atoms with van der Waals surface area (Å²) in [5, 5.41) is 3.05. The number of carbonyl (C=O) groups excluding carboxylic acids is 1. The van der Waals surface area contributed by atoms with Gasteiger partial charge in [0.25, 0.3) is 5.91 Å². The van der Waals surface area contributed by atoms with Crippen molar-refractivity contribution in [1.82, 2.24) is 5.32 Å². The van der Waals surface area contributed by atoms with Crippen molar-refractivity contribution < 1.29 is 17.6 Å². The fourth-order valence-electron chi connectivity index (χ4n) is 2.86. The van der Waals surface area contributed by atoms with E-state index in [1.165, 1.54) is 6.26 Å². The largest absolute Gasteiger partial charge is 0.463 e. The zero-order valence-electron chi connectivity index (χ0n) is 12.5. The molecule has 0 saturated carbocycles. The molecule has 1 aromatic heterocycles. The maximum atomic E-state index is 12.3. The second kappa shape index (κ2) is 5.76. The van der Waals surface area contributed by atoms with Gasteiger partial charge in [0.1, 0.15) is 11.8 Å². The lowest BCUT2D eigenvalue weighted by Gasteiger charge is -2.10. The number of amides is 1. The van der Waals surface area contributed by atoms with E-state index in [-0.39, 0.29) is 18.2 Å². The lowest BCUT2D eigenvalue weighted by molar-refractivity contribution is 0.0954. The molecule has 6 heteroatoms. The average Bonchev–Trinajstić information content (AvgIpc) is 3.06. The number of nitrogens with one attached hydrogen (secondary N) is 1. The molecule has 1 atom stereocenters. The van der Waals surface area contributed by atoms with E-state index in [0.29, 0.717) is 24.0 Å². The van der Waals surface area contributed by atoms with Gasteiger partial charge in [-0.2, -0.15) is 0 Å². The third kappa shape index (κ3) is 2.75. The van der Waals surface area contributed by atoms with E-state index >= 15 is 0 Å². The van der Waals surface area contributed by atoms with E-state index in [1.807, 2.05) is 25.1 Å². The zero-order chi connectivity index (χ0) is 15.7. The summed E-state index contributed by atoms with van der Waals surface area (Å²) in [5.41, 5.74) is 2.25. The maximum Gasteiger partial charge on any atom is 0.255 e. The van der Waals surface area contributed by atoms with E-state index < -0.39 is 15.1 Å². The Morgan fingerprint density at radius 1 is 1.41 bits per heavy atom. The summed E-state index contributed by atoms with van der Waals surface area (Å²) in [7, 11) is -3.04. The van der Waals surface area contributed by atoms with Gasteiger partial charge in [0.05, 0.1) is 16.6 Å². The number of benzene rings is 1. The summed E-state index contributed by atoms with van der Waals surface area (Å²) in [5.74, 6) is -0.0590. The summed E-state index contributed by atoms with van der Waals surface area (Å²) in [6.45, 7) is 2.22. The molecule has 0 aliphatic carbocycles. The van der Waals surface area contributed by atoms with Gasteiger partial charge in [-0.15, -0.1) is 0 Å². The SMILES string of the molecule is CCc1ccc2occ(C(=O)NC[C@H]3CCCS3(=O)=O)c2c1. The highest BCUT2D eigenvalue weighted by molar-refractivity contribution is 7.92. The number of aryl methyl sites for hydroxylation is 1. The molecule has 1 saturated heterocycles. The van der Waals surface area contributed by atoms with Crippen LogP contribution in [0.15, 0.2) is 28.9 Å². The number of sulfone groups is 1. The highest BCUT2D eigenvalue weighted by Gasteiger charge is 2.31. The van der Waals surface area contributed by atoms with Crippen LogP contribution in [-0.4, -0.2) is 31.9 Å². The van der Waals surface area contributed by atoms with Crippen molar-refractivity contribution in [3.63, 3.8) is 0 Å². The molecule has 1 aliphatic heterocycles. The van der Waals surface area contributed by atoms with Crippen LogP contribution in [0.1, 0.15) is 35.7 Å². The number of rotatable bonds is 4. The predicted molar refractivity (Wildman–Crippen MR) is 84.7 cm³/mol. The molecule has 2 heterocycles. The van der Waals surface area contributed by atoms with Gasteiger partial charge in [0, 0.05) is 11.9 Å². The van der Waals surface area contributed by atoms with Gasteiger partial charge in [-0.05, 0) is 37.0 Å². The van der Waals surface area contributed by atoms with E-state index in [9.17, 15) is 13.2 Å². The molecule has 3 rings (SSSR count). The van der Waals surface area contributed by atoms with E-state index in [4.69, 9.17) is 4.42 Å². The third-order valence-corrected chi connectivity index (χ3v) is 6.52. The summed E-state index contributed by atoms with van der Waals surface area (Å²) < 4.78 is 29.0. The molecule has 1 aliphatic rings. The van der Waals surface area contributed by atoms with Crippen molar-refractivity contribution >= 4 is 26.7 Å². The smallest absolute Gasteiger partial charge is 0.255 e. The van der Waals surface area contributed by atoms with Crippen molar-refractivity contribution in [1.29, 1.82) is 0 Å². The standard InChI is InChI=1S/C16H19NO4S/c1-2-11-5-6-15-13(8-11)14(10-21-15)16(18)17-9-12-4-3-7-22(12,19)20/h5-6,8,10,12H,2-4,7,9H2,1H3,(H,17,18)/t12-/m1/s1. The molecule has 118 valence electrons. The molecule has 1 N–H and O–H groups in total. The van der Waals surface area contributed by atoms with E-state index in [0.717, 1.165) is 17.4 Å². The lowest BCUT2D eigenvalue weighted by Crippen LogP contribution is -2.34. The minimum atomic E-state index is -3.04. The van der Waals surface area contributed by atoms with Gasteiger partial charge < -0.3 is 9.73 Å². The van der Waals surface area contributed by atoms with Gasteiger partial charge >= 0.3 is 0 Å². The maximum absolute atomic E-state index is 12.3. The third-order valence-electron chi connectivity index (χ3n) is 4.24. The van der Waals surface area contributed by atoms with Crippen LogP contribution in [0.25, 0.3) is 11.0 Å². The first-order valence-corrected chi connectivity index (χ1v) is 9.22. The van der Waals surface area contributed by atoms with Gasteiger partial charge in [0.2, 0.25) is 0 Å². The van der Waals surface area contributed by atoms with Crippen molar-refractivity contribution in [2.24, 2.45) is 0 Å². The highest BCUT2D eigenvalue weighted by atomic mass is 32.2. The van der Waals surface area contributed by atoms with Gasteiger partial charge in [-0.25, -0.2) is 8.42 Å². The normalized spacial score (nSPS) is 20.3. The molecule has 5 nitrogen and oxygen atoms in total. The van der Waals surface area contributed by atoms with Crippen molar-refractivity contribution in [3.8, 4) is 0 Å². The van der Waals surface area contributed by atoms with Crippen molar-refractivity contribution in [2.45, 2.75) is 31.4 Å². The van der Waals surface area contributed by atoms with E-state index in [2.05, 4.69) is 5.32 Å². The van der Waals surface area contributed by atoms with Gasteiger partial charge in [-0.1, -0.05) is 13.0 Å². The average molecular weight is 321 g/mol. The van der Waals surface area contributed by atoms with E-state index in [1.54, 1.807) is 0 Å². The van der Waals surface area contributed by atoms with Crippen LogP contribution in [0.5, 0.6) is 0 Å². The molecule has 22 heavy (non-hydrogen) atoms. The molecule has 0 bridgehead atoms. The van der Waals surface area contributed by atoms with Crippen LogP contribution >= 0.6 is 0 Å². The second-order valence-electron chi connectivity index (χ2n) is 5.67. The molecule has 1 amide bonds. The number of hydrogen-bond donors (Lipinski definition) is 1. The van der Waals surface area contributed by atoms with Crippen molar-refractivity contribution in [2.75, 3.05) is 12.3 Å². The molecular formula is C16H19NO4S. The van der Waals surface area contributed by atoms with Crippen LogP contribution < -0.4 is 5.32 Å². The fraction of sp³-hybridized carbons (Fsp3) is 0.438. The second-order valence-corrected chi connectivity index (χ2v) is 8.08. The predicted octanol–water partition coefficient (Wildman–Crippen LogP) is 2.30. The topological polar surface area (TPSA) is 76.4 Å². The van der Waals surface area contributed by atoms with Gasteiger partial charge in [0.15, 0.2) is 9.84 Å². The Morgan fingerprint density at radius 3 is 2.91 bits per heavy atom. The van der Waals surface area contributed by atoms with Crippen LogP contribution in [-0.2, 0) is 16.3 Å². The Labute approximate surface area is 129 Å². The molecule has 1 aromatic carbocycles. The first-order chi connectivity index (χ1) is 10.5. The first-order valence-electron chi connectivity index (χ1n) is 7.51. The first kappa shape index (κ1) is 15.1. The molecule has 2 aromatic rings. The molecule has 0 radical (unpaired) electrons. The minimum absolute atomic E-state index is 0.168. The van der Waals surface area contributed by atoms with Crippen molar-refractivity contribution in [3.05, 3.63) is 35.6 Å². The number of fused-ring (bicyclic) bond motifs is 1. The Kier molecular flexibility index (Phi) is 3.95. The van der Waals surface area contributed by atoms with Crippen LogP contribution in [0, 0.1) is 0 Å². The van der Waals surface area contributed by atoms with Crippen LogP contribution in [0.3, 0.4) is 0 Å². The monoisotopic (exact) mass is 321 g/mol. The summed E-state index contributed by atoms with van der Waals surface area (Å²) >= 11 is 0. The Hall–Kier alpha value is -1.82. The molecule has 0 unspecified atom stereocenters. The zero-order valence-corrected chi connectivity index (χ0v) is 13.3. The van der Waals surface area contributed by atoms with Crippen LogP contribution in [0.4, 0.5) is 0 Å². The summed E-state index contributed by atoms with van der Waals surface area (Å²) in [4.78, 5) is 12.3. The fourth-order valence-corrected chi connectivity index (χ4v) is 4.63. The molecule has 1 fully saturated rings. The number of carbonyl (C=O) groups is 1.